The third kappa shape index (κ3) is 11.3. The zero-order valence-corrected chi connectivity index (χ0v) is 21.8. The van der Waals surface area contributed by atoms with Gasteiger partial charge in [-0.3, -0.25) is 0 Å². The number of hydrogen-bond acceptors (Lipinski definition) is 1. The van der Waals surface area contributed by atoms with Crippen molar-refractivity contribution in [1.82, 2.24) is 0 Å². The van der Waals surface area contributed by atoms with Gasteiger partial charge in [-0.25, -0.2) is 4.74 Å². The van der Waals surface area contributed by atoms with Crippen LogP contribution in [0, 0.1) is 19.7 Å². The molecule has 3 nitrogen and oxygen atoms in total. The molecule has 0 aliphatic heterocycles. The van der Waals surface area contributed by atoms with Crippen molar-refractivity contribution < 1.29 is 26.4 Å². The van der Waals surface area contributed by atoms with Crippen LogP contribution in [0.1, 0.15) is 79.0 Å². The van der Waals surface area contributed by atoms with Crippen LogP contribution in [-0.2, 0) is 42.6 Å². The Bertz CT molecular complexity index is 704. The second-order valence-corrected chi connectivity index (χ2v) is 9.97. The van der Waals surface area contributed by atoms with Gasteiger partial charge in [-0.2, -0.15) is 0 Å². The largest absolute Gasteiger partial charge is 0.0767 e. The number of benzene rings is 1. The van der Waals surface area contributed by atoms with E-state index in [0.29, 0.717) is 0 Å². The summed E-state index contributed by atoms with van der Waals surface area (Å²) in [6.45, 7) is 29.3. The summed E-state index contributed by atoms with van der Waals surface area (Å²) < 4.78 is 19.4. The van der Waals surface area contributed by atoms with Crippen molar-refractivity contribution in [2.24, 2.45) is 4.74 Å². The number of allylic oxidation sites excluding steroid dienone is 4. The van der Waals surface area contributed by atoms with Crippen molar-refractivity contribution in [2.75, 3.05) is 0 Å². The van der Waals surface area contributed by atoms with E-state index in [1.54, 1.807) is 0 Å². The monoisotopic (exact) mass is 468 g/mol. The van der Waals surface area contributed by atoms with E-state index in [1.807, 2.05) is 30.7 Å². The van der Waals surface area contributed by atoms with E-state index >= 15 is 0 Å². The summed E-state index contributed by atoms with van der Waals surface area (Å²) in [5.41, 5.74) is 5.39. The average Bonchev–Trinajstić information content (AvgIpc) is 3.21. The molecule has 165 valence electrons. The van der Waals surface area contributed by atoms with Crippen LogP contribution in [0.25, 0.3) is 0 Å². The number of nitrogens with zero attached hydrogens (tertiary/aromatic N) is 1. The molecular formula is C25H35FeNO2P. The van der Waals surface area contributed by atoms with Crippen molar-refractivity contribution in [3.05, 3.63) is 72.8 Å². The molecule has 0 saturated carbocycles. The maximum atomic E-state index is 7.50. The molecule has 1 radical (unpaired) electrons. The van der Waals surface area contributed by atoms with Gasteiger partial charge in [-0.15, -0.1) is 0 Å². The number of hydrogen-bond donors (Lipinski definition) is 0. The Morgan fingerprint density at radius 2 is 1.00 bits per heavy atom. The standard InChI is InChI=1S/C18H30NP.C5H5.2CO.Fe/c1-16(2,3)12-10-13(17(4,5)6)15(19-20)14(11-12)18(7,8)9;1-2-4-5-3-1;2*1-2;/h10-11,20H,1-9H3;1-5H;;;. The molecule has 1 aliphatic carbocycles. The molecule has 0 atom stereocenters. The quantitative estimate of drug-likeness (QED) is 0.175. The van der Waals surface area contributed by atoms with E-state index < -0.39 is 0 Å². The van der Waals surface area contributed by atoms with Gasteiger partial charge < -0.3 is 0 Å². The third-order valence-corrected chi connectivity index (χ3v) is 4.48. The summed E-state index contributed by atoms with van der Waals surface area (Å²) in [5, 5.41) is 0. The molecule has 0 fully saturated rings. The molecule has 30 heavy (non-hydrogen) atoms. The Balaban J connectivity index is -0.000000613. The first-order valence-electron chi connectivity index (χ1n) is 9.43. The summed E-state index contributed by atoms with van der Waals surface area (Å²) >= 11 is 0. The fraction of sp³-hybridized carbons (Fsp3) is 0.480. The molecule has 5 heteroatoms. The van der Waals surface area contributed by atoms with Crippen molar-refractivity contribution in [3.63, 3.8) is 0 Å². The fourth-order valence-corrected chi connectivity index (χ4v) is 2.89. The maximum absolute atomic E-state index is 7.50. The summed E-state index contributed by atoms with van der Waals surface area (Å²) in [7, 11) is 3.40. The molecule has 1 aromatic rings. The van der Waals surface area contributed by atoms with Crippen LogP contribution < -0.4 is 0 Å². The van der Waals surface area contributed by atoms with E-state index in [9.17, 15) is 0 Å². The van der Waals surface area contributed by atoms with Crippen LogP contribution in [0.4, 0.5) is 5.69 Å². The molecule has 0 heterocycles. The van der Waals surface area contributed by atoms with E-state index in [2.05, 4.69) is 102 Å². The fourth-order valence-electron chi connectivity index (χ4n) is 2.65. The van der Waals surface area contributed by atoms with Crippen LogP contribution in [0.2, 0.25) is 0 Å². The van der Waals surface area contributed by atoms with Gasteiger partial charge >= 0.3 is 22.6 Å². The van der Waals surface area contributed by atoms with E-state index in [0.717, 1.165) is 5.69 Å². The third-order valence-electron chi connectivity index (χ3n) is 4.26. The van der Waals surface area contributed by atoms with E-state index in [1.165, 1.54) is 16.7 Å². The molecule has 0 bridgehead atoms. The van der Waals surface area contributed by atoms with Crippen LogP contribution in [-0.4, -0.2) is 0 Å². The van der Waals surface area contributed by atoms with Gasteiger partial charge in [-0.05, 0) is 42.0 Å². The average molecular weight is 468 g/mol. The minimum atomic E-state index is 0. The van der Waals surface area contributed by atoms with Gasteiger partial charge in [0.15, 0.2) is 0 Å². The molecule has 1 aromatic carbocycles. The van der Waals surface area contributed by atoms with Crippen LogP contribution >= 0.6 is 9.03 Å². The van der Waals surface area contributed by atoms with Gasteiger partial charge in [0.05, 0.1) is 5.69 Å². The predicted molar refractivity (Wildman–Crippen MR) is 123 cm³/mol. The van der Waals surface area contributed by atoms with Gasteiger partial charge in [0.2, 0.25) is 0 Å². The molecule has 2 rings (SSSR count). The van der Waals surface area contributed by atoms with Crippen molar-refractivity contribution in [3.8, 4) is 0 Å². The molecule has 0 spiro atoms. The normalized spacial score (nSPS) is 12.0. The smallest absolute Gasteiger partial charge is 0.00506 e. The Hall–Kier alpha value is -1.20. The Morgan fingerprint density at radius 1 is 0.667 bits per heavy atom. The zero-order valence-electron chi connectivity index (χ0n) is 19.7. The summed E-state index contributed by atoms with van der Waals surface area (Å²) in [4.78, 5) is 0. The molecule has 0 saturated heterocycles. The Kier molecular flexibility index (Phi) is 16.4. The van der Waals surface area contributed by atoms with Crippen LogP contribution in [0.3, 0.4) is 0 Å². The first-order valence-corrected chi connectivity index (χ1v) is 9.87. The number of rotatable bonds is 1. The zero-order chi connectivity index (χ0) is 23.5. The van der Waals surface area contributed by atoms with Gasteiger partial charge in [-0.1, -0.05) is 98.8 Å². The second-order valence-electron chi connectivity index (χ2n) is 9.74. The summed E-state index contributed by atoms with van der Waals surface area (Å²) in [6, 6.07) is 4.66. The Morgan fingerprint density at radius 3 is 1.17 bits per heavy atom. The molecule has 0 aromatic heterocycles. The summed E-state index contributed by atoms with van der Waals surface area (Å²) in [6.07, 6.45) is 10.0. The van der Waals surface area contributed by atoms with E-state index in [-0.39, 0.29) is 33.3 Å². The predicted octanol–water partition coefficient (Wildman–Crippen LogP) is 7.78. The minimum Gasteiger partial charge on any atom is -0.0767 e. The minimum absolute atomic E-state index is 0. The van der Waals surface area contributed by atoms with E-state index in [4.69, 9.17) is 9.30 Å². The van der Waals surface area contributed by atoms with Crippen molar-refractivity contribution >= 4 is 14.7 Å². The molecule has 1 aliphatic rings. The maximum Gasteiger partial charge on any atom is 0.00506 e. The van der Waals surface area contributed by atoms with Gasteiger partial charge in [0.1, 0.15) is 0 Å². The molecule has 0 unspecified atom stereocenters. The molecular weight excluding hydrogens is 433 g/mol. The molecule has 0 N–H and O–H groups in total. The first-order chi connectivity index (χ1) is 13.3. The van der Waals surface area contributed by atoms with Crippen LogP contribution in [0.15, 0.2) is 41.2 Å². The van der Waals surface area contributed by atoms with Crippen LogP contribution in [0.5, 0.6) is 0 Å². The Labute approximate surface area is 197 Å². The second kappa shape index (κ2) is 14.7. The topological polar surface area (TPSA) is 52.2 Å². The van der Waals surface area contributed by atoms with Crippen molar-refractivity contribution in [2.45, 2.75) is 78.6 Å². The molecule has 0 amide bonds. The summed E-state index contributed by atoms with van der Waals surface area (Å²) in [5.74, 6) is 0. The van der Waals surface area contributed by atoms with Crippen molar-refractivity contribution in [1.29, 1.82) is 0 Å². The first kappa shape index (κ1) is 33.4. The SMILES string of the molecule is CC(C)(C)c1cc(C(C)(C)C)c(N=P)c(C(C)(C)C)c1.[C-]#[O+].[C-]#[O+].[CH]1C=CC=C1.[Fe]. The van der Waals surface area contributed by atoms with Gasteiger partial charge in [0.25, 0.3) is 0 Å². The van der Waals surface area contributed by atoms with Gasteiger partial charge in [0, 0.05) is 23.5 Å².